The fourth-order valence-electron chi connectivity index (χ4n) is 3.88. The van der Waals surface area contributed by atoms with Crippen LogP contribution in [-0.2, 0) is 19.4 Å². The molecule has 28 heavy (non-hydrogen) atoms. The molecule has 0 saturated carbocycles. The Hall–Kier alpha value is -1.98. The Bertz CT molecular complexity index is 1080. The first-order chi connectivity index (χ1) is 13.3. The van der Waals surface area contributed by atoms with Crippen molar-refractivity contribution in [3.63, 3.8) is 0 Å². The number of hydrogen-bond donors (Lipinski definition) is 2. The zero-order chi connectivity index (χ0) is 20.1. The van der Waals surface area contributed by atoms with Gasteiger partial charge in [-0.3, -0.25) is 0 Å². The van der Waals surface area contributed by atoms with E-state index in [0.717, 1.165) is 24.1 Å². The zero-order valence-corrected chi connectivity index (χ0v) is 17.3. The lowest BCUT2D eigenvalue weighted by atomic mass is 10.0. The van der Waals surface area contributed by atoms with Gasteiger partial charge in [0.25, 0.3) is 0 Å². The van der Waals surface area contributed by atoms with Crippen molar-refractivity contribution < 1.29 is 5.11 Å². The minimum absolute atomic E-state index is 0.213. The Labute approximate surface area is 174 Å². The molecule has 3 aromatic rings. The monoisotopic (exact) mass is 413 g/mol. The normalized spacial score (nSPS) is 18.4. The first kappa shape index (κ1) is 19.3. The minimum atomic E-state index is -0.223. The fraction of sp³-hybridized carbons (Fsp3) is 0.273. The number of aryl methyl sites for hydroxylation is 1. The van der Waals surface area contributed by atoms with Crippen LogP contribution in [-0.4, -0.2) is 20.6 Å². The molecule has 1 aliphatic rings. The van der Waals surface area contributed by atoms with Gasteiger partial charge in [-0.25, -0.2) is 9.97 Å². The van der Waals surface area contributed by atoms with Crippen LogP contribution >= 0.6 is 23.2 Å². The van der Waals surface area contributed by atoms with Crippen LogP contribution in [0.2, 0.25) is 10.0 Å². The summed E-state index contributed by atoms with van der Waals surface area (Å²) in [5.74, 6) is 0. The molecule has 0 aliphatic heterocycles. The van der Waals surface area contributed by atoms with E-state index in [0.29, 0.717) is 32.7 Å². The highest BCUT2D eigenvalue weighted by atomic mass is 35.5. The van der Waals surface area contributed by atoms with Crippen LogP contribution in [0.1, 0.15) is 29.4 Å². The maximum Gasteiger partial charge on any atom is 0.0945 e. The molecule has 3 N–H and O–H groups in total. The van der Waals surface area contributed by atoms with Crippen molar-refractivity contribution in [2.45, 2.75) is 38.8 Å². The number of benzene rings is 2. The van der Waals surface area contributed by atoms with Crippen LogP contribution in [0.4, 0.5) is 0 Å². The summed E-state index contributed by atoms with van der Waals surface area (Å²) in [5, 5.41) is 10.8. The summed E-state index contributed by atoms with van der Waals surface area (Å²) in [6, 6.07) is 11.6. The summed E-state index contributed by atoms with van der Waals surface area (Å²) in [7, 11) is 0. The summed E-state index contributed by atoms with van der Waals surface area (Å²) in [5.41, 5.74) is 12.8. The van der Waals surface area contributed by atoms with Gasteiger partial charge >= 0.3 is 0 Å². The lowest BCUT2D eigenvalue weighted by Crippen LogP contribution is -2.36. The Morgan fingerprint density at radius 3 is 2.57 bits per heavy atom. The average Bonchev–Trinajstić information content (AvgIpc) is 2.97. The summed E-state index contributed by atoms with van der Waals surface area (Å²) in [6.07, 6.45) is 1.69. The fourth-order valence-corrected chi connectivity index (χ4v) is 4.27. The van der Waals surface area contributed by atoms with E-state index < -0.39 is 0 Å². The molecule has 1 unspecified atom stereocenters. The van der Waals surface area contributed by atoms with E-state index in [1.54, 1.807) is 6.07 Å². The Kier molecular flexibility index (Phi) is 4.92. The highest BCUT2D eigenvalue weighted by Gasteiger charge is 2.29. The van der Waals surface area contributed by atoms with Gasteiger partial charge in [0, 0.05) is 16.7 Å². The number of aliphatic hydroxyl groups excluding tert-OH is 1. The SMILES string of the molecule is Cc1nc(-c2ccc3c(c2)CC(C)(N)C3)c(CO)nc1-c1cccc(Cl)c1Cl. The first-order valence-electron chi connectivity index (χ1n) is 9.13. The highest BCUT2D eigenvalue weighted by molar-refractivity contribution is 6.43. The number of nitrogens with zero attached hydrogens (tertiary/aromatic N) is 2. The molecule has 4 rings (SSSR count). The van der Waals surface area contributed by atoms with Crippen molar-refractivity contribution in [3.05, 3.63) is 69.0 Å². The number of hydrogen-bond acceptors (Lipinski definition) is 4. The topological polar surface area (TPSA) is 72.0 Å². The van der Waals surface area contributed by atoms with Gasteiger partial charge in [0.15, 0.2) is 0 Å². The van der Waals surface area contributed by atoms with Gasteiger partial charge in [-0.05, 0) is 49.9 Å². The van der Waals surface area contributed by atoms with Gasteiger partial charge in [-0.15, -0.1) is 0 Å². The quantitative estimate of drug-likeness (QED) is 0.650. The van der Waals surface area contributed by atoms with Crippen molar-refractivity contribution in [2.75, 3.05) is 0 Å². The van der Waals surface area contributed by atoms with Gasteiger partial charge in [0.1, 0.15) is 0 Å². The highest BCUT2D eigenvalue weighted by Crippen LogP contribution is 2.36. The molecule has 2 aromatic carbocycles. The molecule has 1 aromatic heterocycles. The molecule has 0 radical (unpaired) electrons. The number of aliphatic hydroxyl groups is 1. The number of halogens is 2. The molecule has 1 heterocycles. The van der Waals surface area contributed by atoms with E-state index in [1.807, 2.05) is 25.1 Å². The largest absolute Gasteiger partial charge is 0.390 e. The number of nitrogens with two attached hydrogens (primary N) is 1. The van der Waals surface area contributed by atoms with E-state index >= 15 is 0 Å². The average molecular weight is 414 g/mol. The smallest absolute Gasteiger partial charge is 0.0945 e. The molecule has 0 spiro atoms. The number of rotatable bonds is 3. The van der Waals surface area contributed by atoms with Gasteiger partial charge in [0.2, 0.25) is 0 Å². The molecule has 0 bridgehead atoms. The molecule has 0 amide bonds. The van der Waals surface area contributed by atoms with Crippen LogP contribution < -0.4 is 5.73 Å². The van der Waals surface area contributed by atoms with E-state index in [9.17, 15) is 5.11 Å². The Morgan fingerprint density at radius 1 is 1.07 bits per heavy atom. The van der Waals surface area contributed by atoms with Crippen molar-refractivity contribution in [3.8, 4) is 22.5 Å². The van der Waals surface area contributed by atoms with Crippen molar-refractivity contribution >= 4 is 23.2 Å². The van der Waals surface area contributed by atoms with Gasteiger partial charge in [-0.2, -0.15) is 0 Å². The third-order valence-electron chi connectivity index (χ3n) is 5.17. The van der Waals surface area contributed by atoms with E-state index in [4.69, 9.17) is 33.9 Å². The molecule has 144 valence electrons. The summed E-state index contributed by atoms with van der Waals surface area (Å²) in [6.45, 7) is 3.73. The van der Waals surface area contributed by atoms with Crippen molar-refractivity contribution in [2.24, 2.45) is 5.73 Å². The predicted octanol–water partition coefficient (Wildman–Crippen LogP) is 4.73. The van der Waals surface area contributed by atoms with E-state index in [2.05, 4.69) is 24.0 Å². The molecule has 1 atom stereocenters. The minimum Gasteiger partial charge on any atom is -0.390 e. The predicted molar refractivity (Wildman–Crippen MR) is 114 cm³/mol. The lowest BCUT2D eigenvalue weighted by molar-refractivity contribution is 0.277. The molecule has 1 aliphatic carbocycles. The number of fused-ring (bicyclic) bond motifs is 1. The molecular formula is C22H21Cl2N3O. The molecule has 4 nitrogen and oxygen atoms in total. The molecule has 0 fully saturated rings. The summed E-state index contributed by atoms with van der Waals surface area (Å²) < 4.78 is 0. The van der Waals surface area contributed by atoms with Gasteiger partial charge < -0.3 is 10.8 Å². The van der Waals surface area contributed by atoms with E-state index in [1.165, 1.54) is 11.1 Å². The van der Waals surface area contributed by atoms with Crippen molar-refractivity contribution in [1.82, 2.24) is 9.97 Å². The standard InChI is InChI=1S/C22H21Cl2N3O/c1-12-20(16-4-3-5-17(23)19(16)24)27-18(11-28)21(26-12)13-6-7-14-9-22(2,25)10-15(14)8-13/h3-8,28H,9-11,25H2,1-2H3. The first-order valence-corrected chi connectivity index (χ1v) is 9.88. The second-order valence-corrected chi connectivity index (χ2v) is 8.49. The van der Waals surface area contributed by atoms with Crippen LogP contribution in [0.3, 0.4) is 0 Å². The van der Waals surface area contributed by atoms with Gasteiger partial charge in [0.05, 0.1) is 39.4 Å². The molecular weight excluding hydrogens is 393 g/mol. The maximum absolute atomic E-state index is 9.96. The van der Waals surface area contributed by atoms with Crippen LogP contribution in [0.25, 0.3) is 22.5 Å². The summed E-state index contributed by atoms with van der Waals surface area (Å²) >= 11 is 12.5. The third kappa shape index (κ3) is 3.42. The third-order valence-corrected chi connectivity index (χ3v) is 5.99. The second-order valence-electron chi connectivity index (χ2n) is 7.70. The van der Waals surface area contributed by atoms with E-state index in [-0.39, 0.29) is 12.1 Å². The summed E-state index contributed by atoms with van der Waals surface area (Å²) in [4.78, 5) is 9.45. The molecule has 6 heteroatoms. The van der Waals surface area contributed by atoms with Crippen LogP contribution in [0.15, 0.2) is 36.4 Å². The van der Waals surface area contributed by atoms with Crippen molar-refractivity contribution in [1.29, 1.82) is 0 Å². The van der Waals surface area contributed by atoms with Crippen LogP contribution in [0.5, 0.6) is 0 Å². The second kappa shape index (κ2) is 7.12. The molecule has 0 saturated heterocycles. The Balaban J connectivity index is 1.82. The number of aromatic nitrogens is 2. The van der Waals surface area contributed by atoms with Crippen LogP contribution in [0, 0.1) is 6.92 Å². The zero-order valence-electron chi connectivity index (χ0n) is 15.8. The lowest BCUT2D eigenvalue weighted by Gasteiger charge is -2.15. The van der Waals surface area contributed by atoms with Gasteiger partial charge in [-0.1, -0.05) is 47.5 Å². The Morgan fingerprint density at radius 2 is 1.82 bits per heavy atom. The maximum atomic E-state index is 9.96.